The Hall–Kier alpha value is -7.13. The topological polar surface area (TPSA) is 12.9 Å². The molecule has 1 unspecified atom stereocenters. The van der Waals surface area contributed by atoms with Gasteiger partial charge in [0, 0.05) is 31.9 Å². The minimum atomic E-state index is -0.491. The summed E-state index contributed by atoms with van der Waals surface area (Å²) in [5.74, 6) is 0. The standard InChI is InChI=1S/C56H31NS/c1-2-11-36-32(9-1)10-7-14-38(36)39-24-19-34-20-25-42-37(23-18-33-21-26-43(39)54(34)53(33)42)35-22-27-44-49(29-35)56(48-16-8-28-57-55(44)48)47-15-5-3-12-40(47)45-31-52-46(30-50(45)56)41-13-4-6-17-51(41)58-52/h1-31H. The lowest BCUT2D eigenvalue weighted by Gasteiger charge is -2.30. The molecule has 0 saturated carbocycles. The molecule has 0 N–H and O–H groups in total. The number of aromatic nitrogens is 1. The fourth-order valence-electron chi connectivity index (χ4n) is 11.1. The van der Waals surface area contributed by atoms with Gasteiger partial charge in [0.25, 0.3) is 0 Å². The second-order valence-electron chi connectivity index (χ2n) is 16.1. The van der Waals surface area contributed by atoms with Gasteiger partial charge in [-0.15, -0.1) is 11.3 Å². The Bertz CT molecular complexity index is 3750. The first-order chi connectivity index (χ1) is 28.8. The van der Waals surface area contributed by atoms with E-state index in [1.54, 1.807) is 0 Å². The maximum absolute atomic E-state index is 5.13. The van der Waals surface area contributed by atoms with Gasteiger partial charge in [-0.05, 0) is 129 Å². The summed E-state index contributed by atoms with van der Waals surface area (Å²) in [5, 5.41) is 13.0. The second-order valence-corrected chi connectivity index (χ2v) is 17.2. The van der Waals surface area contributed by atoms with E-state index in [9.17, 15) is 0 Å². The SMILES string of the molecule is c1ccc2c(c1)-c1cc3sc4ccccc4c3cc1C21c2cc(-c3ccc4ccc5c(-c6cccc7ccccc67)ccc6ccc3c4c65)ccc2-c2ncccc21. The van der Waals surface area contributed by atoms with Gasteiger partial charge in [-0.2, -0.15) is 0 Å². The Labute approximate surface area is 338 Å². The normalized spacial score (nSPS) is 15.3. The average molecular weight is 750 g/mol. The molecule has 266 valence electrons. The number of thiophene rings is 1. The third-order valence-electron chi connectivity index (χ3n) is 13.5. The van der Waals surface area contributed by atoms with Crippen molar-refractivity contribution in [2.45, 2.75) is 5.41 Å². The number of fused-ring (bicyclic) bond motifs is 14. The lowest BCUT2D eigenvalue weighted by molar-refractivity contribution is 0.793. The fraction of sp³-hybridized carbons (Fsp3) is 0.0179. The first-order valence-corrected chi connectivity index (χ1v) is 20.9. The van der Waals surface area contributed by atoms with Crippen LogP contribution in [-0.4, -0.2) is 4.98 Å². The van der Waals surface area contributed by atoms with Crippen LogP contribution >= 0.6 is 11.3 Å². The van der Waals surface area contributed by atoms with Crippen LogP contribution in [0.5, 0.6) is 0 Å². The molecule has 0 aliphatic heterocycles. The summed E-state index contributed by atoms with van der Waals surface area (Å²) in [6.07, 6.45) is 1.96. The molecule has 10 aromatic carbocycles. The Morgan fingerprint density at radius 3 is 1.90 bits per heavy atom. The molecule has 14 rings (SSSR count). The second kappa shape index (κ2) is 11.0. The van der Waals surface area contributed by atoms with Gasteiger partial charge in [0.2, 0.25) is 0 Å². The highest BCUT2D eigenvalue weighted by molar-refractivity contribution is 7.25. The van der Waals surface area contributed by atoms with Crippen molar-refractivity contribution in [3.05, 3.63) is 210 Å². The summed E-state index contributed by atoms with van der Waals surface area (Å²) in [7, 11) is 0. The maximum atomic E-state index is 5.13. The molecule has 2 aliphatic rings. The molecule has 1 nitrogen and oxygen atoms in total. The molecular weight excluding hydrogens is 719 g/mol. The number of nitrogens with zero attached hydrogens (tertiary/aromatic N) is 1. The van der Waals surface area contributed by atoms with E-state index in [4.69, 9.17) is 4.98 Å². The maximum Gasteiger partial charge on any atom is 0.0753 e. The van der Waals surface area contributed by atoms with Gasteiger partial charge in [-0.25, -0.2) is 0 Å². The minimum Gasteiger partial charge on any atom is -0.256 e. The smallest absolute Gasteiger partial charge is 0.0753 e. The average Bonchev–Trinajstić information content (AvgIpc) is 3.90. The number of hydrogen-bond donors (Lipinski definition) is 0. The lowest BCUT2D eigenvalue weighted by atomic mass is 9.70. The quantitative estimate of drug-likeness (QED) is 0.160. The number of benzene rings is 10. The summed E-state index contributed by atoms with van der Waals surface area (Å²) in [6, 6.07) is 68.7. The van der Waals surface area contributed by atoms with Gasteiger partial charge >= 0.3 is 0 Å². The van der Waals surface area contributed by atoms with E-state index < -0.39 is 5.41 Å². The Kier molecular flexibility index (Phi) is 5.90. The van der Waals surface area contributed by atoms with Crippen LogP contribution in [0.1, 0.15) is 22.3 Å². The summed E-state index contributed by atoms with van der Waals surface area (Å²) in [5.41, 5.74) is 14.8. The van der Waals surface area contributed by atoms with E-state index in [-0.39, 0.29) is 0 Å². The molecule has 0 radical (unpaired) electrons. The Morgan fingerprint density at radius 2 is 1.00 bits per heavy atom. The predicted molar refractivity (Wildman–Crippen MR) is 246 cm³/mol. The zero-order valence-corrected chi connectivity index (χ0v) is 32.1. The van der Waals surface area contributed by atoms with E-state index in [1.165, 1.54) is 124 Å². The minimum absolute atomic E-state index is 0.491. The third kappa shape index (κ3) is 3.79. The van der Waals surface area contributed by atoms with Crippen LogP contribution in [0.4, 0.5) is 0 Å². The van der Waals surface area contributed by atoms with E-state index in [1.807, 2.05) is 17.5 Å². The largest absolute Gasteiger partial charge is 0.256 e. The summed E-state index contributed by atoms with van der Waals surface area (Å²) in [6.45, 7) is 0. The molecule has 12 aromatic rings. The zero-order chi connectivity index (χ0) is 37.7. The van der Waals surface area contributed by atoms with Crippen LogP contribution in [0.3, 0.4) is 0 Å². The Morgan fingerprint density at radius 1 is 0.345 bits per heavy atom. The van der Waals surface area contributed by atoms with Crippen molar-refractivity contribution in [1.82, 2.24) is 4.98 Å². The molecule has 2 aliphatic carbocycles. The van der Waals surface area contributed by atoms with Crippen molar-refractivity contribution >= 4 is 74.6 Å². The van der Waals surface area contributed by atoms with Crippen molar-refractivity contribution < 1.29 is 0 Å². The van der Waals surface area contributed by atoms with Crippen LogP contribution in [0.2, 0.25) is 0 Å². The number of hydrogen-bond acceptors (Lipinski definition) is 2. The molecule has 0 saturated heterocycles. The lowest BCUT2D eigenvalue weighted by Crippen LogP contribution is -2.26. The molecule has 1 atom stereocenters. The first-order valence-electron chi connectivity index (χ1n) is 20.1. The van der Waals surface area contributed by atoms with E-state index in [0.29, 0.717) is 0 Å². The number of rotatable bonds is 2. The summed E-state index contributed by atoms with van der Waals surface area (Å²) >= 11 is 1.90. The summed E-state index contributed by atoms with van der Waals surface area (Å²) in [4.78, 5) is 5.13. The van der Waals surface area contributed by atoms with Gasteiger partial charge in [0.15, 0.2) is 0 Å². The van der Waals surface area contributed by atoms with Crippen molar-refractivity contribution in [2.75, 3.05) is 0 Å². The molecule has 0 amide bonds. The van der Waals surface area contributed by atoms with Gasteiger partial charge in [0.1, 0.15) is 0 Å². The van der Waals surface area contributed by atoms with E-state index in [0.717, 1.165) is 5.69 Å². The highest BCUT2D eigenvalue weighted by Crippen LogP contribution is 2.63. The Balaban J connectivity index is 1.04. The van der Waals surface area contributed by atoms with Crippen molar-refractivity contribution in [1.29, 1.82) is 0 Å². The molecule has 1 spiro atoms. The molecule has 2 heteroatoms. The van der Waals surface area contributed by atoms with Gasteiger partial charge in [-0.3, -0.25) is 4.98 Å². The van der Waals surface area contributed by atoms with Crippen LogP contribution in [0.15, 0.2) is 188 Å². The molecule has 0 fully saturated rings. The summed E-state index contributed by atoms with van der Waals surface area (Å²) < 4.78 is 2.67. The van der Waals surface area contributed by atoms with Crippen molar-refractivity contribution in [2.24, 2.45) is 0 Å². The van der Waals surface area contributed by atoms with Crippen LogP contribution in [-0.2, 0) is 5.41 Å². The molecular formula is C56H31NS. The van der Waals surface area contributed by atoms with Crippen molar-refractivity contribution in [3.63, 3.8) is 0 Å². The van der Waals surface area contributed by atoms with Crippen molar-refractivity contribution in [3.8, 4) is 44.6 Å². The number of pyridine rings is 1. The third-order valence-corrected chi connectivity index (χ3v) is 14.6. The van der Waals surface area contributed by atoms with Crippen LogP contribution < -0.4 is 0 Å². The van der Waals surface area contributed by atoms with Crippen LogP contribution in [0, 0.1) is 0 Å². The van der Waals surface area contributed by atoms with Gasteiger partial charge in [-0.1, -0.05) is 152 Å². The van der Waals surface area contributed by atoms with Gasteiger partial charge < -0.3 is 0 Å². The van der Waals surface area contributed by atoms with Gasteiger partial charge in [0.05, 0.1) is 11.1 Å². The molecule has 58 heavy (non-hydrogen) atoms. The molecule has 2 heterocycles. The monoisotopic (exact) mass is 749 g/mol. The predicted octanol–water partition coefficient (Wildman–Crippen LogP) is 15.2. The van der Waals surface area contributed by atoms with Crippen LogP contribution in [0.25, 0.3) is 108 Å². The molecule has 0 bridgehead atoms. The fourth-order valence-corrected chi connectivity index (χ4v) is 12.2. The highest BCUT2D eigenvalue weighted by atomic mass is 32.1. The van der Waals surface area contributed by atoms with E-state index >= 15 is 0 Å². The zero-order valence-electron chi connectivity index (χ0n) is 31.3. The highest BCUT2D eigenvalue weighted by Gasteiger charge is 2.52. The first kappa shape index (κ1) is 31.0. The van der Waals surface area contributed by atoms with E-state index in [2.05, 4.69) is 182 Å². The molecule has 2 aromatic heterocycles.